The fourth-order valence-electron chi connectivity index (χ4n) is 3.23. The van der Waals surface area contributed by atoms with Crippen molar-refractivity contribution >= 4 is 23.6 Å². The first kappa shape index (κ1) is 15.6. The molecule has 122 valence electrons. The van der Waals surface area contributed by atoms with Gasteiger partial charge in [0.2, 0.25) is 11.9 Å². The van der Waals surface area contributed by atoms with Crippen molar-refractivity contribution in [3.8, 4) is 0 Å². The van der Waals surface area contributed by atoms with Gasteiger partial charge in [0.25, 0.3) is 0 Å². The van der Waals surface area contributed by atoms with Gasteiger partial charge < -0.3 is 11.1 Å². The highest BCUT2D eigenvalue weighted by Gasteiger charge is 2.30. The maximum Gasteiger partial charge on any atom is 0.230 e. The van der Waals surface area contributed by atoms with E-state index in [1.165, 1.54) is 24.6 Å². The summed E-state index contributed by atoms with van der Waals surface area (Å²) in [6.45, 7) is 4.52. The molecule has 7 heteroatoms. The predicted molar refractivity (Wildman–Crippen MR) is 87.5 cm³/mol. The van der Waals surface area contributed by atoms with E-state index in [2.05, 4.69) is 29.4 Å². The lowest BCUT2D eigenvalue weighted by Gasteiger charge is -2.34. The average molecular weight is 323 g/mol. The lowest BCUT2D eigenvalue weighted by Crippen LogP contribution is -2.44. The standard InChI is InChI=1S/C15H25N5OS/c1-9-4-3-5-12(10(9)2)17-13(21)8-22-15-19-18-14(16)20(15)11-6-7-11/h9-12H,3-8H2,1-2H3,(H2,16,18)(H,17,21). The van der Waals surface area contributed by atoms with Crippen LogP contribution in [0.15, 0.2) is 5.16 Å². The summed E-state index contributed by atoms with van der Waals surface area (Å²) in [4.78, 5) is 12.2. The Morgan fingerprint density at radius 1 is 1.32 bits per heavy atom. The smallest absolute Gasteiger partial charge is 0.230 e. The third kappa shape index (κ3) is 3.39. The Morgan fingerprint density at radius 3 is 2.82 bits per heavy atom. The Kier molecular flexibility index (Phi) is 4.61. The molecule has 2 fully saturated rings. The minimum absolute atomic E-state index is 0.0832. The summed E-state index contributed by atoms with van der Waals surface area (Å²) in [6.07, 6.45) is 5.81. The molecule has 1 aromatic rings. The van der Waals surface area contributed by atoms with Crippen LogP contribution >= 0.6 is 11.8 Å². The van der Waals surface area contributed by atoms with Crippen LogP contribution in [0.5, 0.6) is 0 Å². The van der Waals surface area contributed by atoms with Crippen molar-refractivity contribution in [3.63, 3.8) is 0 Å². The summed E-state index contributed by atoms with van der Waals surface area (Å²) in [5.41, 5.74) is 5.85. The topological polar surface area (TPSA) is 85.8 Å². The summed E-state index contributed by atoms with van der Waals surface area (Å²) in [5.74, 6) is 2.15. The molecule has 1 heterocycles. The highest BCUT2D eigenvalue weighted by atomic mass is 32.2. The lowest BCUT2D eigenvalue weighted by molar-refractivity contribution is -0.120. The van der Waals surface area contributed by atoms with Gasteiger partial charge in [0, 0.05) is 12.1 Å². The molecule has 2 aliphatic carbocycles. The van der Waals surface area contributed by atoms with Crippen molar-refractivity contribution in [1.82, 2.24) is 20.1 Å². The van der Waals surface area contributed by atoms with Gasteiger partial charge in [0.05, 0.1) is 5.75 Å². The van der Waals surface area contributed by atoms with Crippen LogP contribution in [0.25, 0.3) is 0 Å². The number of nitrogens with zero attached hydrogens (tertiary/aromatic N) is 3. The van der Waals surface area contributed by atoms with Gasteiger partial charge in [-0.15, -0.1) is 10.2 Å². The van der Waals surface area contributed by atoms with Crippen LogP contribution in [-0.4, -0.2) is 32.5 Å². The SMILES string of the molecule is CC1CCCC(NC(=O)CSc2nnc(N)n2C2CC2)C1C. The Hall–Kier alpha value is -1.24. The van der Waals surface area contributed by atoms with Crippen molar-refractivity contribution in [2.45, 2.75) is 63.2 Å². The minimum atomic E-state index is 0.0832. The molecule has 1 amide bonds. The number of amides is 1. The van der Waals surface area contributed by atoms with E-state index in [4.69, 9.17) is 5.73 Å². The second-order valence-corrected chi connectivity index (χ2v) is 7.61. The Morgan fingerprint density at radius 2 is 2.09 bits per heavy atom. The first-order valence-electron chi connectivity index (χ1n) is 8.18. The molecule has 0 spiro atoms. The van der Waals surface area contributed by atoms with E-state index in [1.807, 2.05) is 4.57 Å². The average Bonchev–Trinajstić information content (AvgIpc) is 3.25. The minimum Gasteiger partial charge on any atom is -0.368 e. The van der Waals surface area contributed by atoms with Gasteiger partial charge in [-0.2, -0.15) is 0 Å². The highest BCUT2D eigenvalue weighted by molar-refractivity contribution is 7.99. The number of hydrogen-bond acceptors (Lipinski definition) is 5. The van der Waals surface area contributed by atoms with Gasteiger partial charge in [0.15, 0.2) is 5.16 Å². The number of anilines is 1. The van der Waals surface area contributed by atoms with Crippen LogP contribution in [0.3, 0.4) is 0 Å². The number of hydrogen-bond donors (Lipinski definition) is 2. The van der Waals surface area contributed by atoms with Crippen LogP contribution in [0.1, 0.15) is 52.0 Å². The summed E-state index contributed by atoms with van der Waals surface area (Å²) in [6, 6.07) is 0.739. The van der Waals surface area contributed by atoms with E-state index in [1.54, 1.807) is 0 Å². The summed E-state index contributed by atoms with van der Waals surface area (Å²) in [5, 5.41) is 12.0. The zero-order valence-electron chi connectivity index (χ0n) is 13.3. The molecule has 6 nitrogen and oxygen atoms in total. The second kappa shape index (κ2) is 6.48. The van der Waals surface area contributed by atoms with Crippen LogP contribution in [0.4, 0.5) is 5.95 Å². The van der Waals surface area contributed by atoms with Gasteiger partial charge >= 0.3 is 0 Å². The first-order valence-corrected chi connectivity index (χ1v) is 9.17. The molecule has 3 rings (SSSR count). The van der Waals surface area contributed by atoms with E-state index in [0.717, 1.165) is 24.4 Å². The summed E-state index contributed by atoms with van der Waals surface area (Å²) >= 11 is 1.43. The zero-order chi connectivity index (χ0) is 15.7. The van der Waals surface area contributed by atoms with Gasteiger partial charge in [-0.25, -0.2) is 0 Å². The fraction of sp³-hybridized carbons (Fsp3) is 0.800. The normalized spacial score (nSPS) is 28.5. The molecule has 3 unspecified atom stereocenters. The molecular weight excluding hydrogens is 298 g/mol. The van der Waals surface area contributed by atoms with Gasteiger partial charge in [0.1, 0.15) is 0 Å². The highest BCUT2D eigenvalue weighted by Crippen LogP contribution is 2.39. The van der Waals surface area contributed by atoms with Crippen LogP contribution in [0.2, 0.25) is 0 Å². The molecule has 2 saturated carbocycles. The van der Waals surface area contributed by atoms with E-state index in [9.17, 15) is 4.79 Å². The number of nitrogens with one attached hydrogen (secondary N) is 1. The Bertz CT molecular complexity index is 542. The lowest BCUT2D eigenvalue weighted by atomic mass is 9.78. The molecule has 1 aromatic heterocycles. The van der Waals surface area contributed by atoms with E-state index in [-0.39, 0.29) is 5.91 Å². The van der Waals surface area contributed by atoms with Crippen molar-refractivity contribution in [2.24, 2.45) is 11.8 Å². The van der Waals surface area contributed by atoms with Gasteiger partial charge in [-0.1, -0.05) is 38.5 Å². The van der Waals surface area contributed by atoms with Crippen molar-refractivity contribution in [1.29, 1.82) is 0 Å². The Balaban J connectivity index is 1.52. The molecular formula is C15H25N5OS. The predicted octanol–water partition coefficient (Wildman–Crippen LogP) is 2.23. The number of nitrogens with two attached hydrogens (primary N) is 1. The maximum absolute atomic E-state index is 12.2. The van der Waals surface area contributed by atoms with Crippen LogP contribution in [0, 0.1) is 11.8 Å². The molecule has 0 aromatic carbocycles. The molecule has 3 N–H and O–H groups in total. The summed E-state index contributed by atoms with van der Waals surface area (Å²) in [7, 11) is 0. The van der Waals surface area contributed by atoms with Crippen LogP contribution < -0.4 is 11.1 Å². The molecule has 0 saturated heterocycles. The van der Waals surface area contributed by atoms with Crippen molar-refractivity contribution in [2.75, 3.05) is 11.5 Å². The number of rotatable bonds is 5. The summed E-state index contributed by atoms with van der Waals surface area (Å²) < 4.78 is 1.96. The largest absolute Gasteiger partial charge is 0.368 e. The van der Waals surface area contributed by atoms with Crippen molar-refractivity contribution in [3.05, 3.63) is 0 Å². The molecule has 2 aliphatic rings. The van der Waals surface area contributed by atoms with Crippen molar-refractivity contribution < 1.29 is 4.79 Å². The number of thioether (sulfide) groups is 1. The number of nitrogen functional groups attached to an aromatic ring is 1. The second-order valence-electron chi connectivity index (χ2n) is 6.67. The third-order valence-electron chi connectivity index (χ3n) is 4.99. The molecule has 0 bridgehead atoms. The van der Waals surface area contributed by atoms with Gasteiger partial charge in [-0.05, 0) is 31.1 Å². The Labute approximate surface area is 135 Å². The molecule has 22 heavy (non-hydrogen) atoms. The third-order valence-corrected chi connectivity index (χ3v) is 5.93. The first-order chi connectivity index (χ1) is 10.6. The molecule has 0 aliphatic heterocycles. The molecule has 3 atom stereocenters. The fourth-order valence-corrected chi connectivity index (χ4v) is 4.05. The molecule has 0 radical (unpaired) electrons. The number of carbonyl (C=O) groups is 1. The van der Waals surface area contributed by atoms with Gasteiger partial charge in [-0.3, -0.25) is 9.36 Å². The quantitative estimate of drug-likeness (QED) is 0.812. The number of carbonyl (C=O) groups excluding carboxylic acids is 1. The van der Waals surface area contributed by atoms with E-state index >= 15 is 0 Å². The zero-order valence-corrected chi connectivity index (χ0v) is 14.1. The maximum atomic E-state index is 12.2. The monoisotopic (exact) mass is 323 g/mol. The van der Waals surface area contributed by atoms with E-state index < -0.39 is 0 Å². The van der Waals surface area contributed by atoms with Crippen LogP contribution in [-0.2, 0) is 4.79 Å². The van der Waals surface area contributed by atoms with E-state index in [0.29, 0.717) is 35.6 Å². The number of aromatic nitrogens is 3.